The lowest BCUT2D eigenvalue weighted by molar-refractivity contribution is -0.140. The van der Waals surface area contributed by atoms with Crippen LogP contribution in [0.2, 0.25) is 0 Å². The predicted octanol–water partition coefficient (Wildman–Crippen LogP) is 4.32. The number of sulfonamides is 1. The molecule has 9 heteroatoms. The second-order valence-corrected chi connectivity index (χ2v) is 12.8. The molecule has 0 aliphatic heterocycles. The summed E-state index contributed by atoms with van der Waals surface area (Å²) >= 11 is 0. The summed E-state index contributed by atoms with van der Waals surface area (Å²) in [5, 5.41) is 3.02. The maximum atomic E-state index is 14.1. The molecule has 0 radical (unpaired) electrons. The Balaban J connectivity index is 2.07. The SMILES string of the molecule is COc1cccc(N(CC(=O)N(Cc2ccc(C)cc2)[C@H](Cc2ccccc2)C(=O)NC(C)(C)C)S(C)(=O)=O)c1. The lowest BCUT2D eigenvalue weighted by atomic mass is 10.0. The Morgan fingerprint density at radius 2 is 1.57 bits per heavy atom. The van der Waals surface area contributed by atoms with Crippen molar-refractivity contribution in [1.82, 2.24) is 10.2 Å². The van der Waals surface area contributed by atoms with Gasteiger partial charge in [-0.05, 0) is 51.0 Å². The molecule has 2 amide bonds. The molecule has 0 bridgehead atoms. The molecule has 0 heterocycles. The Morgan fingerprint density at radius 3 is 2.15 bits per heavy atom. The zero-order chi connectivity index (χ0) is 29.5. The first-order chi connectivity index (χ1) is 18.8. The Bertz CT molecular complexity index is 1400. The van der Waals surface area contributed by atoms with Crippen molar-refractivity contribution < 1.29 is 22.7 Å². The van der Waals surface area contributed by atoms with E-state index in [2.05, 4.69) is 5.32 Å². The molecule has 0 saturated carbocycles. The lowest BCUT2D eigenvalue weighted by Crippen LogP contribution is -2.56. The second kappa shape index (κ2) is 13.0. The molecular weight excluding hydrogens is 526 g/mol. The number of nitrogens with zero attached hydrogens (tertiary/aromatic N) is 2. The van der Waals surface area contributed by atoms with Gasteiger partial charge in [-0.2, -0.15) is 0 Å². The zero-order valence-corrected chi connectivity index (χ0v) is 24.9. The van der Waals surface area contributed by atoms with Crippen LogP contribution in [0.4, 0.5) is 5.69 Å². The number of carbonyl (C=O) groups is 2. The average Bonchev–Trinajstić information content (AvgIpc) is 2.89. The van der Waals surface area contributed by atoms with Crippen LogP contribution in [-0.2, 0) is 32.6 Å². The normalized spacial score (nSPS) is 12.3. The third-order valence-corrected chi connectivity index (χ3v) is 7.40. The van der Waals surface area contributed by atoms with E-state index in [-0.39, 0.29) is 18.9 Å². The molecule has 0 aliphatic rings. The van der Waals surface area contributed by atoms with Gasteiger partial charge in [-0.25, -0.2) is 8.42 Å². The molecule has 0 fully saturated rings. The summed E-state index contributed by atoms with van der Waals surface area (Å²) in [5.41, 5.74) is 2.53. The van der Waals surface area contributed by atoms with Crippen LogP contribution in [0.5, 0.6) is 5.75 Å². The number of rotatable bonds is 11. The molecule has 0 unspecified atom stereocenters. The maximum absolute atomic E-state index is 14.1. The van der Waals surface area contributed by atoms with Crippen LogP contribution in [0, 0.1) is 6.92 Å². The molecule has 8 nitrogen and oxygen atoms in total. The highest BCUT2D eigenvalue weighted by molar-refractivity contribution is 7.92. The molecule has 3 rings (SSSR count). The van der Waals surface area contributed by atoms with Crippen molar-refractivity contribution in [3.05, 3.63) is 95.6 Å². The van der Waals surface area contributed by atoms with Gasteiger partial charge in [0.05, 0.1) is 19.1 Å². The molecule has 214 valence electrons. The van der Waals surface area contributed by atoms with Crippen molar-refractivity contribution in [3.8, 4) is 5.75 Å². The number of nitrogens with one attached hydrogen (secondary N) is 1. The fourth-order valence-corrected chi connectivity index (χ4v) is 5.12. The number of ether oxygens (including phenoxy) is 1. The van der Waals surface area contributed by atoms with Crippen LogP contribution in [0.15, 0.2) is 78.9 Å². The van der Waals surface area contributed by atoms with Gasteiger partial charge in [0.1, 0.15) is 18.3 Å². The van der Waals surface area contributed by atoms with Crippen molar-refractivity contribution in [2.75, 3.05) is 24.2 Å². The van der Waals surface area contributed by atoms with Crippen LogP contribution in [-0.4, -0.2) is 56.6 Å². The van der Waals surface area contributed by atoms with Crippen molar-refractivity contribution in [1.29, 1.82) is 0 Å². The molecule has 1 N–H and O–H groups in total. The number of hydrogen-bond donors (Lipinski definition) is 1. The fraction of sp³-hybridized carbons (Fsp3) is 0.355. The van der Waals surface area contributed by atoms with Crippen LogP contribution in [0.25, 0.3) is 0 Å². The van der Waals surface area contributed by atoms with Crippen LogP contribution in [0.1, 0.15) is 37.5 Å². The van der Waals surface area contributed by atoms with E-state index >= 15 is 0 Å². The number of benzene rings is 3. The summed E-state index contributed by atoms with van der Waals surface area (Å²) in [7, 11) is -2.37. The standard InChI is InChI=1S/C31H39N3O5S/c1-23-15-17-25(18-16-23)21-33(28(30(36)32-31(2,3)4)19-24-11-8-7-9-12-24)29(35)22-34(40(6,37)38)26-13-10-14-27(20-26)39-5/h7-18,20,28H,19,21-22H2,1-6H3,(H,32,36)/t28-/m1/s1. The van der Waals surface area contributed by atoms with Crippen LogP contribution >= 0.6 is 0 Å². The monoisotopic (exact) mass is 565 g/mol. The van der Waals surface area contributed by atoms with Crippen molar-refractivity contribution in [3.63, 3.8) is 0 Å². The number of carbonyl (C=O) groups excluding carboxylic acids is 2. The smallest absolute Gasteiger partial charge is 0.244 e. The Labute approximate surface area is 238 Å². The minimum Gasteiger partial charge on any atom is -0.497 e. The van der Waals surface area contributed by atoms with Gasteiger partial charge in [0.2, 0.25) is 21.8 Å². The Morgan fingerprint density at radius 1 is 0.925 bits per heavy atom. The van der Waals surface area contributed by atoms with E-state index < -0.39 is 34.1 Å². The van der Waals surface area contributed by atoms with Gasteiger partial charge in [0, 0.05) is 24.6 Å². The highest BCUT2D eigenvalue weighted by atomic mass is 32.2. The summed E-state index contributed by atoms with van der Waals surface area (Å²) < 4.78 is 32.1. The number of hydrogen-bond acceptors (Lipinski definition) is 5. The van der Waals surface area contributed by atoms with Gasteiger partial charge in [-0.3, -0.25) is 13.9 Å². The Hall–Kier alpha value is -3.85. The van der Waals surface area contributed by atoms with E-state index in [1.54, 1.807) is 24.3 Å². The quantitative estimate of drug-likeness (QED) is 0.374. The van der Waals surface area contributed by atoms with Gasteiger partial charge < -0.3 is 15.0 Å². The molecule has 40 heavy (non-hydrogen) atoms. The zero-order valence-electron chi connectivity index (χ0n) is 24.0. The Kier molecular flexibility index (Phi) is 9.98. The number of aryl methyl sites for hydroxylation is 1. The second-order valence-electron chi connectivity index (χ2n) is 10.9. The number of methoxy groups -OCH3 is 1. The minimum atomic E-state index is -3.85. The minimum absolute atomic E-state index is 0.129. The molecular formula is C31H39N3O5S. The summed E-state index contributed by atoms with van der Waals surface area (Å²) in [6.45, 7) is 7.26. The van der Waals surface area contributed by atoms with E-state index in [4.69, 9.17) is 4.74 Å². The molecule has 0 aliphatic carbocycles. The van der Waals surface area contributed by atoms with E-state index in [1.807, 2.05) is 82.3 Å². The van der Waals surface area contributed by atoms with Crippen LogP contribution in [0.3, 0.4) is 0 Å². The molecule has 0 saturated heterocycles. The van der Waals surface area contributed by atoms with Crippen molar-refractivity contribution >= 4 is 27.5 Å². The third kappa shape index (κ3) is 8.84. The van der Waals surface area contributed by atoms with Crippen molar-refractivity contribution in [2.45, 2.75) is 52.2 Å². The summed E-state index contributed by atoms with van der Waals surface area (Å²) in [6, 6.07) is 22.8. The predicted molar refractivity (Wildman–Crippen MR) is 159 cm³/mol. The van der Waals surface area contributed by atoms with Gasteiger partial charge in [-0.1, -0.05) is 66.2 Å². The maximum Gasteiger partial charge on any atom is 0.244 e. The number of amides is 2. The highest BCUT2D eigenvalue weighted by Gasteiger charge is 2.34. The average molecular weight is 566 g/mol. The molecule has 0 spiro atoms. The van der Waals surface area contributed by atoms with Crippen LogP contribution < -0.4 is 14.4 Å². The van der Waals surface area contributed by atoms with Gasteiger partial charge >= 0.3 is 0 Å². The topological polar surface area (TPSA) is 96.0 Å². The highest BCUT2D eigenvalue weighted by Crippen LogP contribution is 2.24. The third-order valence-electron chi connectivity index (χ3n) is 6.26. The summed E-state index contributed by atoms with van der Waals surface area (Å²) in [5.74, 6) is -0.357. The molecule has 3 aromatic carbocycles. The lowest BCUT2D eigenvalue weighted by Gasteiger charge is -2.35. The van der Waals surface area contributed by atoms with E-state index in [9.17, 15) is 18.0 Å². The first-order valence-electron chi connectivity index (χ1n) is 13.1. The fourth-order valence-electron chi connectivity index (χ4n) is 4.28. The van der Waals surface area contributed by atoms with E-state index in [1.165, 1.54) is 12.0 Å². The molecule has 1 atom stereocenters. The van der Waals surface area contributed by atoms with Gasteiger partial charge in [-0.15, -0.1) is 0 Å². The van der Waals surface area contributed by atoms with E-state index in [0.717, 1.165) is 27.3 Å². The van der Waals surface area contributed by atoms with Gasteiger partial charge in [0.25, 0.3) is 0 Å². The largest absolute Gasteiger partial charge is 0.497 e. The number of anilines is 1. The molecule has 3 aromatic rings. The first-order valence-corrected chi connectivity index (χ1v) is 14.9. The van der Waals surface area contributed by atoms with Crippen molar-refractivity contribution in [2.24, 2.45) is 0 Å². The van der Waals surface area contributed by atoms with E-state index in [0.29, 0.717) is 11.4 Å². The molecule has 0 aromatic heterocycles. The summed E-state index contributed by atoms with van der Waals surface area (Å²) in [6.07, 6.45) is 1.32. The first kappa shape index (κ1) is 30.7. The van der Waals surface area contributed by atoms with Gasteiger partial charge in [0.15, 0.2) is 0 Å². The summed E-state index contributed by atoms with van der Waals surface area (Å²) in [4.78, 5) is 29.3.